The van der Waals surface area contributed by atoms with E-state index in [1.807, 2.05) is 26.8 Å². The molecule has 3 aromatic rings. The first kappa shape index (κ1) is 23.2. The molecular formula is C24H29NO7. The number of amides is 1. The molecule has 0 atom stereocenters. The normalized spacial score (nSPS) is 11.5. The van der Waals surface area contributed by atoms with Gasteiger partial charge < -0.3 is 28.7 Å². The maximum absolute atomic E-state index is 11.9. The quantitative estimate of drug-likeness (QED) is 0.491. The van der Waals surface area contributed by atoms with Crippen molar-refractivity contribution in [3.8, 4) is 23.0 Å². The minimum Gasteiger partial charge on any atom is -0.507 e. The molecule has 0 spiro atoms. The summed E-state index contributed by atoms with van der Waals surface area (Å²) in [7, 11) is 0. The van der Waals surface area contributed by atoms with Gasteiger partial charge in [0, 0.05) is 17.5 Å². The third-order valence-electron chi connectivity index (χ3n) is 4.77. The van der Waals surface area contributed by atoms with E-state index in [0.717, 1.165) is 18.2 Å². The molecule has 0 radical (unpaired) electrons. The highest BCUT2D eigenvalue weighted by Crippen LogP contribution is 2.34. The lowest BCUT2D eigenvalue weighted by Crippen LogP contribution is -2.33. The van der Waals surface area contributed by atoms with E-state index >= 15 is 0 Å². The van der Waals surface area contributed by atoms with Gasteiger partial charge in [0.1, 0.15) is 22.7 Å². The molecule has 0 bridgehead atoms. The molecule has 2 N–H and O–H groups in total. The number of furan rings is 1. The van der Waals surface area contributed by atoms with Gasteiger partial charge in [-0.2, -0.15) is 0 Å². The van der Waals surface area contributed by atoms with Crippen LogP contribution in [0.15, 0.2) is 37.9 Å². The number of alkyl carbamates (subject to hydrolysis) is 1. The molecule has 1 amide bonds. The summed E-state index contributed by atoms with van der Waals surface area (Å²) in [4.78, 5) is 23.5. The largest absolute Gasteiger partial charge is 0.507 e. The second kappa shape index (κ2) is 9.38. The monoisotopic (exact) mass is 443 g/mol. The van der Waals surface area contributed by atoms with Crippen LogP contribution in [0, 0.1) is 13.8 Å². The zero-order valence-corrected chi connectivity index (χ0v) is 19.0. The molecule has 0 aliphatic carbocycles. The Labute approximate surface area is 186 Å². The number of hydrogen-bond acceptors (Lipinski definition) is 7. The highest BCUT2D eigenvalue weighted by atomic mass is 16.6. The summed E-state index contributed by atoms with van der Waals surface area (Å²) in [5.74, 6) is 1.14. The van der Waals surface area contributed by atoms with E-state index in [4.69, 9.17) is 18.3 Å². The van der Waals surface area contributed by atoms with E-state index in [9.17, 15) is 14.7 Å². The molecule has 2 aromatic heterocycles. The Bertz CT molecular complexity index is 1170. The standard InChI is InChI=1S/C24H29NO7/c1-14-20(26)15(2)22(27)31-21(14)19-13-16-12-17(8-9-18(16)30-19)29-11-7-6-10-25-23(28)32-24(3,4)5/h8-9,12-13,26H,6-7,10-11H2,1-5H3,(H,25,28). The van der Waals surface area contributed by atoms with E-state index in [1.54, 1.807) is 25.1 Å². The molecular weight excluding hydrogens is 414 g/mol. The number of hydrogen-bond donors (Lipinski definition) is 2. The van der Waals surface area contributed by atoms with E-state index in [0.29, 0.717) is 35.8 Å². The molecule has 0 saturated heterocycles. The van der Waals surface area contributed by atoms with Crippen molar-refractivity contribution < 1.29 is 28.2 Å². The van der Waals surface area contributed by atoms with Crippen molar-refractivity contribution >= 4 is 17.1 Å². The molecule has 8 heteroatoms. The Morgan fingerprint density at radius 1 is 1.09 bits per heavy atom. The number of ether oxygens (including phenoxy) is 2. The summed E-state index contributed by atoms with van der Waals surface area (Å²) in [6, 6.07) is 7.15. The third kappa shape index (κ3) is 5.63. The predicted molar refractivity (Wildman–Crippen MR) is 120 cm³/mol. The van der Waals surface area contributed by atoms with E-state index in [-0.39, 0.29) is 17.1 Å². The molecule has 0 fully saturated rings. The smallest absolute Gasteiger partial charge is 0.407 e. The van der Waals surface area contributed by atoms with Gasteiger partial charge in [0.2, 0.25) is 0 Å². The molecule has 172 valence electrons. The Morgan fingerprint density at radius 2 is 1.84 bits per heavy atom. The van der Waals surface area contributed by atoms with E-state index in [2.05, 4.69) is 5.32 Å². The van der Waals surface area contributed by atoms with Gasteiger partial charge in [0.05, 0.1) is 12.2 Å². The first-order valence-electron chi connectivity index (χ1n) is 10.5. The third-order valence-corrected chi connectivity index (χ3v) is 4.77. The molecule has 0 aliphatic rings. The van der Waals surface area contributed by atoms with Gasteiger partial charge in [-0.25, -0.2) is 9.59 Å². The predicted octanol–water partition coefficient (Wildman–Crippen LogP) is 5.06. The number of fused-ring (bicyclic) bond motifs is 1. The number of benzene rings is 1. The van der Waals surface area contributed by atoms with Crippen LogP contribution < -0.4 is 15.7 Å². The van der Waals surface area contributed by atoms with Crippen LogP contribution in [-0.4, -0.2) is 30.0 Å². The lowest BCUT2D eigenvalue weighted by Gasteiger charge is -2.19. The molecule has 3 rings (SSSR count). The van der Waals surface area contributed by atoms with Gasteiger partial charge in [-0.15, -0.1) is 0 Å². The first-order chi connectivity index (χ1) is 15.0. The van der Waals surface area contributed by atoms with Crippen molar-refractivity contribution in [3.05, 3.63) is 45.8 Å². The Hall–Kier alpha value is -3.42. The van der Waals surface area contributed by atoms with Crippen LogP contribution in [-0.2, 0) is 4.74 Å². The van der Waals surface area contributed by atoms with Crippen LogP contribution in [0.25, 0.3) is 22.5 Å². The summed E-state index contributed by atoms with van der Waals surface area (Å²) in [5, 5.41) is 13.6. The minimum atomic E-state index is -0.603. The van der Waals surface area contributed by atoms with Gasteiger partial charge in [-0.3, -0.25) is 0 Å². The van der Waals surface area contributed by atoms with E-state index < -0.39 is 17.3 Å². The van der Waals surface area contributed by atoms with Crippen LogP contribution in [0.4, 0.5) is 4.79 Å². The highest BCUT2D eigenvalue weighted by molar-refractivity contribution is 5.84. The van der Waals surface area contributed by atoms with Gasteiger partial charge >= 0.3 is 11.7 Å². The van der Waals surface area contributed by atoms with E-state index in [1.165, 1.54) is 6.92 Å². The Balaban J connectivity index is 1.57. The number of carbonyl (C=O) groups is 1. The van der Waals surface area contributed by atoms with Gasteiger partial charge in [0.15, 0.2) is 11.5 Å². The molecule has 1 aromatic carbocycles. The fraction of sp³-hybridized carbons (Fsp3) is 0.417. The summed E-state index contributed by atoms with van der Waals surface area (Å²) in [6.45, 7) is 9.64. The van der Waals surface area contributed by atoms with Crippen LogP contribution >= 0.6 is 0 Å². The number of nitrogens with one attached hydrogen (secondary N) is 1. The number of unbranched alkanes of at least 4 members (excludes halogenated alkanes) is 1. The summed E-state index contributed by atoms with van der Waals surface area (Å²) in [6.07, 6.45) is 1.09. The average molecular weight is 443 g/mol. The number of carbonyl (C=O) groups excluding carboxylic acids is 1. The fourth-order valence-electron chi connectivity index (χ4n) is 3.11. The highest BCUT2D eigenvalue weighted by Gasteiger charge is 2.18. The second-order valence-corrected chi connectivity index (χ2v) is 8.61. The van der Waals surface area contributed by atoms with Gasteiger partial charge in [0.25, 0.3) is 0 Å². The van der Waals surface area contributed by atoms with Crippen LogP contribution in [0.1, 0.15) is 44.7 Å². The Morgan fingerprint density at radius 3 is 2.56 bits per heavy atom. The fourth-order valence-corrected chi connectivity index (χ4v) is 3.11. The van der Waals surface area contributed by atoms with Crippen molar-refractivity contribution in [3.63, 3.8) is 0 Å². The maximum atomic E-state index is 11.9. The molecule has 0 saturated carbocycles. The molecule has 8 nitrogen and oxygen atoms in total. The lowest BCUT2D eigenvalue weighted by molar-refractivity contribution is 0.0526. The Kier molecular flexibility index (Phi) is 6.81. The van der Waals surface area contributed by atoms with Gasteiger partial charge in [-0.1, -0.05) is 0 Å². The summed E-state index contributed by atoms with van der Waals surface area (Å²) < 4.78 is 22.1. The summed E-state index contributed by atoms with van der Waals surface area (Å²) >= 11 is 0. The number of rotatable bonds is 7. The van der Waals surface area contributed by atoms with Crippen LogP contribution in [0.3, 0.4) is 0 Å². The maximum Gasteiger partial charge on any atom is 0.407 e. The van der Waals surface area contributed by atoms with Crippen molar-refractivity contribution in [2.45, 2.75) is 53.1 Å². The zero-order valence-electron chi connectivity index (χ0n) is 19.0. The molecule has 0 aliphatic heterocycles. The zero-order chi connectivity index (χ0) is 23.5. The average Bonchev–Trinajstić information content (AvgIpc) is 3.13. The van der Waals surface area contributed by atoms with Crippen molar-refractivity contribution in [2.75, 3.05) is 13.2 Å². The summed E-state index contributed by atoms with van der Waals surface area (Å²) in [5.41, 5.74) is 0.101. The molecule has 32 heavy (non-hydrogen) atoms. The molecule has 0 unspecified atom stereocenters. The topological polar surface area (TPSA) is 111 Å². The molecule has 2 heterocycles. The second-order valence-electron chi connectivity index (χ2n) is 8.61. The van der Waals surface area contributed by atoms with Crippen molar-refractivity contribution in [1.82, 2.24) is 5.32 Å². The SMILES string of the molecule is Cc1c(-c2cc3cc(OCCCCNC(=O)OC(C)(C)C)ccc3o2)oc(=O)c(C)c1O. The van der Waals surface area contributed by atoms with Crippen LogP contribution in [0.2, 0.25) is 0 Å². The van der Waals surface area contributed by atoms with Crippen molar-refractivity contribution in [2.24, 2.45) is 0 Å². The van der Waals surface area contributed by atoms with Gasteiger partial charge in [-0.05, 0) is 71.7 Å². The lowest BCUT2D eigenvalue weighted by atomic mass is 10.1. The first-order valence-corrected chi connectivity index (χ1v) is 10.5. The van der Waals surface area contributed by atoms with Crippen LogP contribution in [0.5, 0.6) is 11.5 Å². The minimum absolute atomic E-state index is 0.0955. The number of aromatic hydroxyl groups is 1. The van der Waals surface area contributed by atoms with Crippen molar-refractivity contribution in [1.29, 1.82) is 0 Å².